The summed E-state index contributed by atoms with van der Waals surface area (Å²) in [6.07, 6.45) is 3.03. The first-order chi connectivity index (χ1) is 14.9. The number of benzene rings is 1. The van der Waals surface area contributed by atoms with Gasteiger partial charge in [-0.05, 0) is 35.8 Å². The summed E-state index contributed by atoms with van der Waals surface area (Å²) in [6, 6.07) is 13.2. The molecule has 158 valence electrons. The molecule has 31 heavy (non-hydrogen) atoms. The van der Waals surface area contributed by atoms with Crippen LogP contribution in [-0.4, -0.2) is 37.9 Å². The van der Waals surface area contributed by atoms with Gasteiger partial charge in [-0.15, -0.1) is 0 Å². The van der Waals surface area contributed by atoms with Gasteiger partial charge in [-0.25, -0.2) is 0 Å². The van der Waals surface area contributed by atoms with Crippen molar-refractivity contribution in [2.75, 3.05) is 26.2 Å². The van der Waals surface area contributed by atoms with Gasteiger partial charge in [0.2, 0.25) is 0 Å². The molecule has 1 amide bonds. The molecule has 0 radical (unpaired) electrons. The van der Waals surface area contributed by atoms with Gasteiger partial charge in [0.15, 0.2) is 12.0 Å². The average Bonchev–Trinajstić information content (AvgIpc) is 2.78. The molecule has 2 aliphatic rings. The summed E-state index contributed by atoms with van der Waals surface area (Å²) in [5.41, 5.74) is 4.80. The quantitative estimate of drug-likeness (QED) is 0.582. The molecule has 1 fully saturated rings. The van der Waals surface area contributed by atoms with Gasteiger partial charge < -0.3 is 20.8 Å². The maximum atomic E-state index is 11.0. The first-order valence-corrected chi connectivity index (χ1v) is 10.3. The molecule has 0 bridgehead atoms. The second-order valence-corrected chi connectivity index (χ2v) is 8.03. The van der Waals surface area contributed by atoms with Crippen molar-refractivity contribution in [2.24, 2.45) is 23.0 Å². The molecule has 0 saturated heterocycles. The van der Waals surface area contributed by atoms with E-state index in [2.05, 4.69) is 25.1 Å². The third kappa shape index (κ3) is 3.89. The number of carbonyl (C=O) groups is 1. The number of ether oxygens (including phenoxy) is 1. The maximum Gasteiger partial charge on any atom is 0.255 e. The normalized spacial score (nSPS) is 26.4. The zero-order valence-electron chi connectivity index (χ0n) is 17.4. The number of amides is 1. The molecule has 3 rings (SSSR count). The second kappa shape index (κ2) is 9.00. The zero-order chi connectivity index (χ0) is 22.6. The Morgan fingerprint density at radius 1 is 1.29 bits per heavy atom. The third-order valence-corrected chi connectivity index (χ3v) is 6.18. The molecule has 4 atom stereocenters. The van der Waals surface area contributed by atoms with E-state index in [1.807, 2.05) is 6.08 Å². The van der Waals surface area contributed by atoms with Crippen molar-refractivity contribution in [1.82, 2.24) is 0 Å². The highest BCUT2D eigenvalue weighted by Gasteiger charge is 2.58. The summed E-state index contributed by atoms with van der Waals surface area (Å²) in [5, 5.41) is 38.6. The van der Waals surface area contributed by atoms with E-state index in [-0.39, 0.29) is 18.2 Å². The Morgan fingerprint density at radius 2 is 1.97 bits per heavy atom. The first kappa shape index (κ1) is 22.0. The zero-order valence-corrected chi connectivity index (χ0v) is 17.4. The van der Waals surface area contributed by atoms with Gasteiger partial charge in [0.25, 0.3) is 5.91 Å². The van der Waals surface area contributed by atoms with Gasteiger partial charge in [0.1, 0.15) is 11.7 Å². The summed E-state index contributed by atoms with van der Waals surface area (Å²) < 4.78 is 5.32. The molecule has 8 nitrogen and oxygen atoms in total. The van der Waals surface area contributed by atoms with E-state index in [9.17, 15) is 20.6 Å². The Hall–Kier alpha value is -3.67. The maximum absolute atomic E-state index is 11.0. The van der Waals surface area contributed by atoms with Crippen LogP contribution in [0.3, 0.4) is 0 Å². The summed E-state index contributed by atoms with van der Waals surface area (Å²) in [4.78, 5) is 12.3. The minimum atomic E-state index is -1.73. The highest BCUT2D eigenvalue weighted by Crippen LogP contribution is 2.52. The summed E-state index contributed by atoms with van der Waals surface area (Å²) in [7, 11) is 0. The standard InChI is InChI=1S/C23H24N6O2/c1-2-8-29-9-7-17-18(10-24)22(28)23(13-25,14-26)21(19(17)11-29)15-3-5-16(6-4-15)31-12-20(27)30/h3-7,18-19,21,28H,2,8-9,11-12H2,1H3,(H2,27,30)/p+1/t18?,19-,21-/m0/s1. The Balaban J connectivity index is 2.09. The lowest BCUT2D eigenvalue weighted by molar-refractivity contribution is -0.899. The van der Waals surface area contributed by atoms with Crippen LogP contribution < -0.4 is 15.4 Å². The van der Waals surface area contributed by atoms with Crippen LogP contribution in [0.25, 0.3) is 0 Å². The number of nitrogens with two attached hydrogens (primary N) is 1. The van der Waals surface area contributed by atoms with Crippen molar-refractivity contribution in [1.29, 1.82) is 21.2 Å². The summed E-state index contributed by atoms with van der Waals surface area (Å²) >= 11 is 0. The molecule has 4 N–H and O–H groups in total. The fourth-order valence-corrected chi connectivity index (χ4v) is 4.82. The SMILES string of the molecule is CCC[NH+]1CC=C2C(C#N)C(=N)C(C#N)(C#N)[C@@H](c3ccc(OCC(N)=O)cc3)[C@H]2C1. The van der Waals surface area contributed by atoms with Gasteiger partial charge >= 0.3 is 0 Å². The minimum absolute atomic E-state index is 0.152. The van der Waals surface area contributed by atoms with Crippen LogP contribution in [0.15, 0.2) is 35.9 Å². The number of nitrogens with one attached hydrogen (secondary N) is 2. The Morgan fingerprint density at radius 3 is 2.52 bits per heavy atom. The molecule has 8 heteroatoms. The lowest BCUT2D eigenvalue weighted by Crippen LogP contribution is -3.13. The summed E-state index contributed by atoms with van der Waals surface area (Å²) in [5.74, 6) is -1.78. The van der Waals surface area contributed by atoms with Crippen molar-refractivity contribution in [3.63, 3.8) is 0 Å². The van der Waals surface area contributed by atoms with E-state index in [1.165, 1.54) is 4.90 Å². The largest absolute Gasteiger partial charge is 0.484 e. The molecule has 0 aromatic heterocycles. The van der Waals surface area contributed by atoms with Gasteiger partial charge in [-0.1, -0.05) is 19.1 Å². The fourth-order valence-electron chi connectivity index (χ4n) is 4.82. The number of carbonyl (C=O) groups excluding carboxylic acids is 1. The number of primary amides is 1. The number of quaternary nitrogens is 1. The molecule has 1 aromatic carbocycles. The van der Waals surface area contributed by atoms with Crippen LogP contribution in [0, 0.1) is 56.7 Å². The van der Waals surface area contributed by atoms with Crippen LogP contribution >= 0.6 is 0 Å². The van der Waals surface area contributed by atoms with Crippen LogP contribution in [0.1, 0.15) is 24.8 Å². The monoisotopic (exact) mass is 417 g/mol. The Bertz CT molecular complexity index is 1010. The molecular weight excluding hydrogens is 392 g/mol. The topological polar surface area (TPSA) is 152 Å². The van der Waals surface area contributed by atoms with E-state index in [0.29, 0.717) is 12.3 Å². The number of hydrogen-bond acceptors (Lipinski definition) is 6. The van der Waals surface area contributed by atoms with Gasteiger partial charge in [-0.3, -0.25) is 4.79 Å². The van der Waals surface area contributed by atoms with Gasteiger partial charge in [0.05, 0.1) is 43.6 Å². The third-order valence-electron chi connectivity index (χ3n) is 6.18. The highest BCUT2D eigenvalue weighted by atomic mass is 16.5. The predicted molar refractivity (Wildman–Crippen MR) is 112 cm³/mol. The Kier molecular flexibility index (Phi) is 6.39. The number of nitrogens with zero attached hydrogens (tertiary/aromatic N) is 3. The van der Waals surface area contributed by atoms with E-state index >= 15 is 0 Å². The van der Waals surface area contributed by atoms with E-state index in [4.69, 9.17) is 15.9 Å². The van der Waals surface area contributed by atoms with Crippen molar-refractivity contribution >= 4 is 11.6 Å². The molecule has 2 unspecified atom stereocenters. The molecule has 1 aliphatic carbocycles. The van der Waals surface area contributed by atoms with Gasteiger partial charge in [-0.2, -0.15) is 15.8 Å². The van der Waals surface area contributed by atoms with E-state index in [0.717, 1.165) is 30.6 Å². The minimum Gasteiger partial charge on any atom is -0.484 e. The summed E-state index contributed by atoms with van der Waals surface area (Å²) in [6.45, 7) is 4.28. The van der Waals surface area contributed by atoms with Crippen molar-refractivity contribution in [3.05, 3.63) is 41.5 Å². The molecule has 0 spiro atoms. The Labute approximate surface area is 181 Å². The lowest BCUT2D eigenvalue weighted by Gasteiger charge is -2.46. The number of fused-ring (bicyclic) bond motifs is 1. The van der Waals surface area contributed by atoms with Crippen LogP contribution in [0.2, 0.25) is 0 Å². The molecule has 1 heterocycles. The predicted octanol–water partition coefficient (Wildman–Crippen LogP) is 0.692. The molecule has 1 saturated carbocycles. The first-order valence-electron chi connectivity index (χ1n) is 10.3. The molecule has 1 aliphatic heterocycles. The second-order valence-electron chi connectivity index (χ2n) is 8.03. The molecule has 1 aromatic rings. The number of rotatable bonds is 6. The van der Waals surface area contributed by atoms with Gasteiger partial charge in [0, 0.05) is 11.8 Å². The smallest absolute Gasteiger partial charge is 0.255 e. The average molecular weight is 417 g/mol. The van der Waals surface area contributed by atoms with Crippen molar-refractivity contribution in [3.8, 4) is 24.0 Å². The van der Waals surface area contributed by atoms with E-state index in [1.54, 1.807) is 24.3 Å². The fraction of sp³-hybridized carbons (Fsp3) is 0.435. The lowest BCUT2D eigenvalue weighted by atomic mass is 9.54. The van der Waals surface area contributed by atoms with Crippen LogP contribution in [0.4, 0.5) is 0 Å². The van der Waals surface area contributed by atoms with E-state index < -0.39 is 23.2 Å². The van der Waals surface area contributed by atoms with Crippen molar-refractivity contribution in [2.45, 2.75) is 19.3 Å². The van der Waals surface area contributed by atoms with Crippen LogP contribution in [0.5, 0.6) is 5.75 Å². The highest BCUT2D eigenvalue weighted by molar-refractivity contribution is 6.00. The molecular formula is C23H25N6O2+. The van der Waals surface area contributed by atoms with Crippen molar-refractivity contribution < 1.29 is 14.4 Å². The number of nitriles is 3. The number of hydrogen-bond donors (Lipinski definition) is 3. The van der Waals surface area contributed by atoms with Crippen LogP contribution in [-0.2, 0) is 4.79 Å².